The van der Waals surface area contributed by atoms with Crippen LogP contribution in [-0.4, -0.2) is 86.1 Å². The third kappa shape index (κ3) is 9.12. The molecule has 4 heterocycles. The van der Waals surface area contributed by atoms with E-state index in [2.05, 4.69) is 4.98 Å². The number of pyridine rings is 1. The van der Waals surface area contributed by atoms with Crippen LogP contribution >= 0.6 is 11.3 Å². The Kier molecular flexibility index (Phi) is 12.9. The number of carbonyl (C=O) groups is 2. The van der Waals surface area contributed by atoms with Crippen LogP contribution in [0.3, 0.4) is 0 Å². The first-order valence-corrected chi connectivity index (χ1v) is 18.7. The number of ether oxygens (including phenoxy) is 2. The van der Waals surface area contributed by atoms with Crippen molar-refractivity contribution >= 4 is 23.2 Å². The van der Waals surface area contributed by atoms with Crippen LogP contribution < -0.4 is 9.47 Å². The normalized spacial score (nSPS) is 20.6. The molecule has 2 atom stereocenters. The van der Waals surface area contributed by atoms with E-state index >= 15 is 0 Å². The van der Waals surface area contributed by atoms with Gasteiger partial charge in [0.1, 0.15) is 16.4 Å². The summed E-state index contributed by atoms with van der Waals surface area (Å²) in [6.45, 7) is 1.92. The zero-order chi connectivity index (χ0) is 39.3. The summed E-state index contributed by atoms with van der Waals surface area (Å²) in [6, 6.07) is 7.15. The molecule has 296 valence electrons. The molecule has 2 fully saturated rings. The number of aliphatic hydroxyl groups excluding tert-OH is 1. The molecule has 0 aliphatic carbocycles. The third-order valence-corrected chi connectivity index (χ3v) is 10.9. The summed E-state index contributed by atoms with van der Waals surface area (Å²) in [5, 5.41) is 31.2. The summed E-state index contributed by atoms with van der Waals surface area (Å²) in [5.41, 5.74) is -4.87. The Hall–Kier alpha value is -3.93. The molecule has 0 spiro atoms. The molecule has 5 rings (SSSR count). The number of likely N-dealkylation sites (tertiary alicyclic amines) is 2. The van der Waals surface area contributed by atoms with Crippen molar-refractivity contribution in [2.45, 2.75) is 101 Å². The van der Waals surface area contributed by atoms with Gasteiger partial charge in [0.25, 0.3) is 11.8 Å². The van der Waals surface area contributed by atoms with Crippen molar-refractivity contribution in [3.05, 3.63) is 75.7 Å². The molecule has 0 bridgehead atoms. The SMILES string of the molecule is CCC[C@H]1N(C(=O)c2cnccc2C(F)(F)F)CCC[C@@]1(Oc1csc(C(F)(F)F)c1)C(=O)N1CCC(O)(c2ccccc2OCCCCC(O)O)CC1. The van der Waals surface area contributed by atoms with Gasteiger partial charge in [0.15, 0.2) is 6.29 Å². The summed E-state index contributed by atoms with van der Waals surface area (Å²) < 4.78 is 95.4. The lowest BCUT2D eigenvalue weighted by Crippen LogP contribution is -2.68. The van der Waals surface area contributed by atoms with Crippen LogP contribution in [0.4, 0.5) is 26.3 Å². The number of hydrogen-bond donors (Lipinski definition) is 3. The van der Waals surface area contributed by atoms with Crippen LogP contribution in [0.25, 0.3) is 0 Å². The maximum absolute atomic E-state index is 14.9. The number of aliphatic hydroxyl groups is 3. The number of halogens is 6. The van der Waals surface area contributed by atoms with Gasteiger partial charge in [0, 0.05) is 55.5 Å². The number of unbranched alkanes of at least 4 members (excludes halogenated alkanes) is 1. The second-order valence-corrected chi connectivity index (χ2v) is 14.5. The second kappa shape index (κ2) is 16.8. The molecule has 2 aliphatic heterocycles. The number of piperidine rings is 2. The highest BCUT2D eigenvalue weighted by Crippen LogP contribution is 2.44. The quantitative estimate of drug-likeness (QED) is 0.0983. The van der Waals surface area contributed by atoms with Crippen molar-refractivity contribution in [2.24, 2.45) is 0 Å². The third-order valence-electron chi connectivity index (χ3n) is 9.94. The van der Waals surface area contributed by atoms with Crippen molar-refractivity contribution < 1.29 is 60.7 Å². The Labute approximate surface area is 312 Å². The molecule has 0 radical (unpaired) electrons. The molecular formula is C37H43F6N3O7S. The van der Waals surface area contributed by atoms with Gasteiger partial charge in [-0.2, -0.15) is 26.3 Å². The molecule has 54 heavy (non-hydrogen) atoms. The van der Waals surface area contributed by atoms with Crippen LogP contribution in [-0.2, 0) is 22.7 Å². The molecular weight excluding hydrogens is 744 g/mol. The predicted octanol–water partition coefficient (Wildman–Crippen LogP) is 6.77. The van der Waals surface area contributed by atoms with Crippen LogP contribution in [0.15, 0.2) is 54.2 Å². The van der Waals surface area contributed by atoms with Crippen molar-refractivity contribution in [1.82, 2.24) is 14.8 Å². The average molecular weight is 788 g/mol. The maximum Gasteiger partial charge on any atom is 0.425 e. The molecule has 0 saturated carbocycles. The average Bonchev–Trinajstić information content (AvgIpc) is 3.61. The highest BCUT2D eigenvalue weighted by Gasteiger charge is 2.56. The lowest BCUT2D eigenvalue weighted by atomic mass is 9.78. The van der Waals surface area contributed by atoms with Gasteiger partial charge < -0.3 is 34.6 Å². The fourth-order valence-corrected chi connectivity index (χ4v) is 7.98. The molecule has 10 nitrogen and oxygen atoms in total. The Morgan fingerprint density at radius 1 is 1.02 bits per heavy atom. The van der Waals surface area contributed by atoms with E-state index in [1.54, 1.807) is 31.2 Å². The van der Waals surface area contributed by atoms with Gasteiger partial charge in [0.2, 0.25) is 5.60 Å². The largest absolute Gasteiger partial charge is 0.493 e. The van der Waals surface area contributed by atoms with Gasteiger partial charge in [-0.25, -0.2) is 0 Å². The van der Waals surface area contributed by atoms with E-state index in [0.29, 0.717) is 48.0 Å². The number of benzene rings is 1. The monoisotopic (exact) mass is 787 g/mol. The van der Waals surface area contributed by atoms with E-state index in [4.69, 9.17) is 19.7 Å². The van der Waals surface area contributed by atoms with Gasteiger partial charge >= 0.3 is 12.4 Å². The van der Waals surface area contributed by atoms with Crippen LogP contribution in [0.2, 0.25) is 0 Å². The van der Waals surface area contributed by atoms with Crippen molar-refractivity contribution in [2.75, 3.05) is 26.2 Å². The van der Waals surface area contributed by atoms with E-state index < -0.39 is 63.7 Å². The van der Waals surface area contributed by atoms with Crippen LogP contribution in [0, 0.1) is 0 Å². The summed E-state index contributed by atoms with van der Waals surface area (Å²) in [4.78, 5) is 34.3. The number of alkyl halides is 6. The standard InChI is InChI=1S/C37H43F6N3O7S/c1-2-8-29-35(53-24-21-30(54-23-24)37(41,42)43,13-7-17-46(29)32(49)25-22-44-16-12-26(25)36(38,39)40)33(50)45-18-14-34(51,15-19-45)27-9-3-4-10-28(27)52-20-6-5-11-31(47)48/h3-4,9-10,12,16,21-23,29,31,47-48,51H,2,5-8,11,13-15,17-20H2,1H3/t29-,35+/m1/s1. The van der Waals surface area contributed by atoms with E-state index in [1.165, 1.54) is 4.90 Å². The molecule has 3 N–H and O–H groups in total. The highest BCUT2D eigenvalue weighted by atomic mass is 32.1. The number of rotatable bonds is 13. The van der Waals surface area contributed by atoms with E-state index in [0.717, 1.165) is 28.7 Å². The smallest absolute Gasteiger partial charge is 0.425 e. The summed E-state index contributed by atoms with van der Waals surface area (Å²) in [5.74, 6) is -1.53. The summed E-state index contributed by atoms with van der Waals surface area (Å²) in [7, 11) is 0. The number of nitrogens with zero attached hydrogens (tertiary/aromatic N) is 3. The lowest BCUT2D eigenvalue weighted by Gasteiger charge is -2.51. The fourth-order valence-electron chi connectivity index (χ4n) is 7.31. The van der Waals surface area contributed by atoms with Crippen molar-refractivity contribution in [1.29, 1.82) is 0 Å². The molecule has 3 aromatic rings. The zero-order valence-corrected chi connectivity index (χ0v) is 30.4. The van der Waals surface area contributed by atoms with Crippen LogP contribution in [0.1, 0.15) is 91.1 Å². The van der Waals surface area contributed by atoms with Gasteiger partial charge in [-0.3, -0.25) is 14.6 Å². The molecule has 0 unspecified atom stereocenters. The number of carbonyl (C=O) groups excluding carboxylic acids is 2. The van der Waals surface area contributed by atoms with Crippen LogP contribution in [0.5, 0.6) is 11.5 Å². The summed E-state index contributed by atoms with van der Waals surface area (Å²) >= 11 is 0.366. The zero-order valence-electron chi connectivity index (χ0n) is 29.5. The number of hydrogen-bond acceptors (Lipinski definition) is 9. The molecule has 2 aliphatic rings. The lowest BCUT2D eigenvalue weighted by molar-refractivity contribution is -0.163. The number of para-hydroxylation sites is 1. The predicted molar refractivity (Wildman–Crippen MR) is 185 cm³/mol. The maximum atomic E-state index is 14.9. The van der Waals surface area contributed by atoms with Gasteiger partial charge in [-0.05, 0) is 57.1 Å². The topological polar surface area (TPSA) is 133 Å². The molecule has 2 saturated heterocycles. The van der Waals surface area contributed by atoms with Crippen molar-refractivity contribution in [3.8, 4) is 11.5 Å². The first-order chi connectivity index (χ1) is 25.5. The second-order valence-electron chi connectivity index (χ2n) is 13.6. The molecule has 17 heteroatoms. The Bertz CT molecular complexity index is 1740. The fraction of sp³-hybridized carbons (Fsp3) is 0.541. The number of aromatic nitrogens is 1. The van der Waals surface area contributed by atoms with Crippen molar-refractivity contribution in [3.63, 3.8) is 0 Å². The Morgan fingerprint density at radius 2 is 1.74 bits per heavy atom. The van der Waals surface area contributed by atoms with Gasteiger partial charge in [-0.15, -0.1) is 11.3 Å². The highest BCUT2D eigenvalue weighted by molar-refractivity contribution is 7.10. The Balaban J connectivity index is 1.45. The minimum Gasteiger partial charge on any atom is -0.493 e. The Morgan fingerprint density at radius 3 is 2.39 bits per heavy atom. The first-order valence-electron chi connectivity index (χ1n) is 17.8. The minimum absolute atomic E-state index is 0.0196. The molecule has 1 aromatic carbocycles. The first kappa shape index (κ1) is 41.2. The molecule has 2 amide bonds. The minimum atomic E-state index is -4.89. The molecule has 2 aromatic heterocycles. The van der Waals surface area contributed by atoms with E-state index in [9.17, 15) is 41.0 Å². The van der Waals surface area contributed by atoms with Gasteiger partial charge in [0.05, 0.1) is 29.4 Å². The van der Waals surface area contributed by atoms with E-state index in [-0.39, 0.29) is 70.5 Å². The summed E-state index contributed by atoms with van der Waals surface area (Å²) in [6.07, 6.45) is -7.52. The van der Waals surface area contributed by atoms with E-state index in [1.807, 2.05) is 0 Å². The van der Waals surface area contributed by atoms with Gasteiger partial charge in [-0.1, -0.05) is 31.5 Å². The number of thiophene rings is 1. The number of amides is 2.